The molecule has 1 atom stereocenters. The molecular weight excluding hydrogens is 462 g/mol. The van der Waals surface area contributed by atoms with Crippen LogP contribution < -0.4 is 4.74 Å². The van der Waals surface area contributed by atoms with Crippen LogP contribution in [-0.4, -0.2) is 38.2 Å². The third-order valence-electron chi connectivity index (χ3n) is 5.94. The van der Waals surface area contributed by atoms with Crippen molar-refractivity contribution in [2.75, 3.05) is 6.61 Å². The lowest BCUT2D eigenvalue weighted by Crippen LogP contribution is -2.29. The van der Waals surface area contributed by atoms with Gasteiger partial charge in [0.15, 0.2) is 0 Å². The molecular formula is C27H25N3O6. The number of carbonyl (C=O) groups excluding carboxylic acids is 2. The van der Waals surface area contributed by atoms with Crippen LogP contribution in [0.25, 0.3) is 5.76 Å². The van der Waals surface area contributed by atoms with Crippen molar-refractivity contribution in [2.45, 2.75) is 32.9 Å². The van der Waals surface area contributed by atoms with Crippen molar-refractivity contribution in [1.82, 2.24) is 9.88 Å². The molecule has 2 aromatic carbocycles. The number of nitro groups is 1. The molecule has 4 rings (SSSR count). The second-order valence-corrected chi connectivity index (χ2v) is 8.47. The van der Waals surface area contributed by atoms with E-state index in [9.17, 15) is 24.8 Å². The van der Waals surface area contributed by atoms with Crippen LogP contribution in [0.2, 0.25) is 0 Å². The predicted octanol–water partition coefficient (Wildman–Crippen LogP) is 4.71. The Morgan fingerprint density at radius 2 is 1.97 bits per heavy atom. The van der Waals surface area contributed by atoms with Crippen molar-refractivity contribution in [3.05, 3.63) is 105 Å². The Morgan fingerprint density at radius 3 is 2.64 bits per heavy atom. The van der Waals surface area contributed by atoms with E-state index in [0.717, 1.165) is 6.42 Å². The quantitative estimate of drug-likeness (QED) is 0.160. The second kappa shape index (κ2) is 10.4. The average Bonchev–Trinajstić information content (AvgIpc) is 3.12. The molecule has 1 N–H and O–H groups in total. The molecule has 0 saturated carbocycles. The van der Waals surface area contributed by atoms with Gasteiger partial charge in [0.1, 0.15) is 11.5 Å². The van der Waals surface area contributed by atoms with Crippen molar-refractivity contribution in [2.24, 2.45) is 0 Å². The molecule has 2 heterocycles. The zero-order valence-electron chi connectivity index (χ0n) is 19.9. The third-order valence-corrected chi connectivity index (χ3v) is 5.94. The maximum absolute atomic E-state index is 13.3. The van der Waals surface area contributed by atoms with E-state index in [1.807, 2.05) is 6.92 Å². The van der Waals surface area contributed by atoms with E-state index in [4.69, 9.17) is 4.74 Å². The lowest BCUT2D eigenvalue weighted by atomic mass is 9.93. The molecule has 0 aliphatic carbocycles. The van der Waals surface area contributed by atoms with Crippen LogP contribution in [0.4, 0.5) is 5.69 Å². The highest BCUT2D eigenvalue weighted by atomic mass is 16.6. The van der Waals surface area contributed by atoms with Gasteiger partial charge in [-0.2, -0.15) is 0 Å². The summed E-state index contributed by atoms with van der Waals surface area (Å²) in [5, 5.41) is 22.8. The second-order valence-electron chi connectivity index (χ2n) is 8.47. The Balaban J connectivity index is 1.86. The largest absolute Gasteiger partial charge is 0.507 e. The van der Waals surface area contributed by atoms with Crippen LogP contribution in [0.1, 0.15) is 41.6 Å². The number of hydrogen-bond donors (Lipinski definition) is 1. The molecule has 1 aliphatic heterocycles. The highest BCUT2D eigenvalue weighted by Crippen LogP contribution is 2.41. The summed E-state index contributed by atoms with van der Waals surface area (Å²) in [7, 11) is 0. The van der Waals surface area contributed by atoms with Gasteiger partial charge in [-0.05, 0) is 54.3 Å². The number of ether oxygens (including phenoxy) is 1. The number of aliphatic hydroxyl groups excluding tert-OH is 1. The fraction of sp³-hybridized carbons (Fsp3) is 0.222. The van der Waals surface area contributed by atoms with Crippen molar-refractivity contribution in [3.63, 3.8) is 0 Å². The number of benzene rings is 2. The lowest BCUT2D eigenvalue weighted by Gasteiger charge is -2.25. The molecule has 1 unspecified atom stereocenters. The van der Waals surface area contributed by atoms with Gasteiger partial charge in [-0.3, -0.25) is 24.7 Å². The molecule has 9 nitrogen and oxygen atoms in total. The van der Waals surface area contributed by atoms with Gasteiger partial charge in [-0.15, -0.1) is 0 Å². The number of hydrogen-bond acceptors (Lipinski definition) is 7. The molecule has 1 aromatic heterocycles. The van der Waals surface area contributed by atoms with Gasteiger partial charge >= 0.3 is 0 Å². The van der Waals surface area contributed by atoms with Crippen molar-refractivity contribution >= 4 is 23.1 Å². The Kier molecular flexibility index (Phi) is 7.10. The first-order valence-electron chi connectivity index (χ1n) is 11.5. The van der Waals surface area contributed by atoms with E-state index in [1.165, 1.54) is 23.1 Å². The minimum atomic E-state index is -1.03. The van der Waals surface area contributed by atoms with Crippen LogP contribution in [0, 0.1) is 17.0 Å². The standard InChI is InChI=1S/C27H25N3O6/c1-3-12-36-21-9-10-22(17(2)13-21)25(31)23-24(19-7-4-8-20(14-19)30(34)35)29(27(33)26(23)32)16-18-6-5-11-28-15-18/h4-11,13-15,24,31H,3,12,16H2,1-2H3. The third kappa shape index (κ3) is 4.81. The number of nitrogens with zero attached hydrogens (tertiary/aromatic N) is 3. The number of ketones is 1. The lowest BCUT2D eigenvalue weighted by molar-refractivity contribution is -0.384. The van der Waals surface area contributed by atoms with E-state index in [1.54, 1.807) is 55.7 Å². The Hall–Kier alpha value is -4.53. The van der Waals surface area contributed by atoms with E-state index in [-0.39, 0.29) is 23.6 Å². The van der Waals surface area contributed by atoms with Crippen LogP contribution in [0.15, 0.2) is 72.6 Å². The number of amides is 1. The normalized spacial score (nSPS) is 16.8. The van der Waals surface area contributed by atoms with Crippen molar-refractivity contribution in [3.8, 4) is 5.75 Å². The molecule has 0 radical (unpaired) electrons. The highest BCUT2D eigenvalue weighted by molar-refractivity contribution is 6.46. The zero-order valence-corrected chi connectivity index (χ0v) is 19.9. The first-order chi connectivity index (χ1) is 17.3. The van der Waals surface area contributed by atoms with Crippen LogP contribution in [-0.2, 0) is 16.1 Å². The number of pyridine rings is 1. The highest BCUT2D eigenvalue weighted by Gasteiger charge is 2.46. The van der Waals surface area contributed by atoms with Crippen molar-refractivity contribution in [1.29, 1.82) is 0 Å². The van der Waals surface area contributed by atoms with E-state index in [2.05, 4.69) is 4.98 Å². The molecule has 1 fully saturated rings. The van der Waals surface area contributed by atoms with E-state index < -0.39 is 22.7 Å². The number of Topliss-reactive ketones (excluding diaryl/α,β-unsaturated/α-hetero) is 1. The van der Waals surface area contributed by atoms with Crippen molar-refractivity contribution < 1.29 is 24.4 Å². The summed E-state index contributed by atoms with van der Waals surface area (Å²) in [4.78, 5) is 42.7. The van der Waals surface area contributed by atoms with Gasteiger partial charge in [0.05, 0.1) is 23.1 Å². The van der Waals surface area contributed by atoms with E-state index >= 15 is 0 Å². The number of aliphatic hydroxyl groups is 1. The van der Waals surface area contributed by atoms with Crippen LogP contribution in [0.3, 0.4) is 0 Å². The average molecular weight is 488 g/mol. The number of aromatic nitrogens is 1. The van der Waals surface area contributed by atoms with Gasteiger partial charge in [0.25, 0.3) is 17.4 Å². The molecule has 36 heavy (non-hydrogen) atoms. The van der Waals surface area contributed by atoms with Gasteiger partial charge in [-0.1, -0.05) is 25.1 Å². The smallest absolute Gasteiger partial charge is 0.295 e. The summed E-state index contributed by atoms with van der Waals surface area (Å²) in [6.07, 6.45) is 4.00. The molecule has 0 bridgehead atoms. The topological polar surface area (TPSA) is 123 Å². The summed E-state index contributed by atoms with van der Waals surface area (Å²) in [5.74, 6) is -1.40. The zero-order chi connectivity index (χ0) is 25.8. The number of rotatable bonds is 8. The monoisotopic (exact) mass is 487 g/mol. The molecule has 0 spiro atoms. The number of aryl methyl sites for hydroxylation is 1. The number of likely N-dealkylation sites (tertiary alicyclic amines) is 1. The molecule has 1 saturated heterocycles. The molecule has 3 aromatic rings. The Bertz CT molecular complexity index is 1350. The molecule has 184 valence electrons. The molecule has 1 aliphatic rings. The fourth-order valence-electron chi connectivity index (χ4n) is 4.24. The first kappa shape index (κ1) is 24.6. The Labute approximate surface area is 207 Å². The summed E-state index contributed by atoms with van der Waals surface area (Å²) >= 11 is 0. The number of nitro benzene ring substituents is 1. The van der Waals surface area contributed by atoms with Crippen LogP contribution >= 0.6 is 0 Å². The fourth-order valence-corrected chi connectivity index (χ4v) is 4.24. The summed E-state index contributed by atoms with van der Waals surface area (Å²) in [5.41, 5.74) is 1.71. The first-order valence-corrected chi connectivity index (χ1v) is 11.5. The minimum absolute atomic E-state index is 0.0331. The SMILES string of the molecule is CCCOc1ccc(C(O)=C2C(=O)C(=O)N(Cc3cccnc3)C2c2cccc([N+](=O)[O-])c2)c(C)c1. The van der Waals surface area contributed by atoms with Gasteiger partial charge in [-0.25, -0.2) is 0 Å². The summed E-state index contributed by atoms with van der Waals surface area (Å²) in [6.45, 7) is 4.33. The Morgan fingerprint density at radius 1 is 1.17 bits per heavy atom. The van der Waals surface area contributed by atoms with Gasteiger partial charge in [0, 0.05) is 36.6 Å². The number of non-ortho nitro benzene ring substituents is 1. The maximum Gasteiger partial charge on any atom is 0.295 e. The predicted molar refractivity (Wildman–Crippen MR) is 132 cm³/mol. The molecule has 1 amide bonds. The summed E-state index contributed by atoms with van der Waals surface area (Å²) < 4.78 is 5.65. The summed E-state index contributed by atoms with van der Waals surface area (Å²) in [6, 6.07) is 13.2. The molecule has 9 heteroatoms. The number of carbonyl (C=O) groups is 2. The van der Waals surface area contributed by atoms with Gasteiger partial charge in [0.2, 0.25) is 0 Å². The minimum Gasteiger partial charge on any atom is -0.507 e. The van der Waals surface area contributed by atoms with E-state index in [0.29, 0.717) is 34.6 Å². The maximum atomic E-state index is 13.3. The van der Waals surface area contributed by atoms with Crippen LogP contribution in [0.5, 0.6) is 5.75 Å². The van der Waals surface area contributed by atoms with Gasteiger partial charge < -0.3 is 14.7 Å².